The fraction of sp³-hybridized carbons (Fsp3) is 0.625. The zero-order valence-electron chi connectivity index (χ0n) is 20.9. The minimum absolute atomic E-state index is 0.231. The molecule has 33 heavy (non-hydrogen) atoms. The van der Waals surface area contributed by atoms with Crippen LogP contribution in [0.5, 0.6) is 0 Å². The highest BCUT2D eigenvalue weighted by Crippen LogP contribution is 2.43. The normalized spacial score (nSPS) is 25.8. The van der Waals surface area contributed by atoms with Crippen molar-refractivity contribution in [1.29, 1.82) is 0 Å². The first kappa shape index (κ1) is 24.5. The Balaban J connectivity index is 1.18. The third-order valence-corrected chi connectivity index (χ3v) is 8.83. The van der Waals surface area contributed by atoms with E-state index in [1.54, 1.807) is 0 Å². The molecule has 2 saturated carbocycles. The molecule has 0 unspecified atom stereocenters. The average Bonchev–Trinajstić information content (AvgIpc) is 2.88. The molecule has 1 heteroatoms. The molecule has 2 aromatic carbocycles. The number of benzene rings is 2. The summed E-state index contributed by atoms with van der Waals surface area (Å²) in [7, 11) is 0. The van der Waals surface area contributed by atoms with E-state index in [-0.39, 0.29) is 6.67 Å². The minimum atomic E-state index is -0.231. The van der Waals surface area contributed by atoms with Gasteiger partial charge in [-0.05, 0) is 97.3 Å². The Labute approximate surface area is 202 Å². The summed E-state index contributed by atoms with van der Waals surface area (Å²) in [5, 5.41) is 0. The Bertz CT molecular complexity index is 789. The second kappa shape index (κ2) is 12.7. The van der Waals surface area contributed by atoms with Crippen LogP contribution in [-0.2, 0) is 12.8 Å². The quantitative estimate of drug-likeness (QED) is 0.339. The van der Waals surface area contributed by atoms with Crippen LogP contribution in [0.4, 0.5) is 4.39 Å². The summed E-state index contributed by atoms with van der Waals surface area (Å²) in [5.74, 6) is 4.06. The van der Waals surface area contributed by atoms with Gasteiger partial charge in [-0.1, -0.05) is 94.0 Å². The number of aryl methyl sites for hydroxylation is 2. The molecule has 2 aliphatic carbocycles. The van der Waals surface area contributed by atoms with Gasteiger partial charge in [0.1, 0.15) is 0 Å². The van der Waals surface area contributed by atoms with E-state index in [1.807, 2.05) is 0 Å². The molecule has 0 amide bonds. The van der Waals surface area contributed by atoms with E-state index in [9.17, 15) is 4.39 Å². The molecule has 0 spiro atoms. The van der Waals surface area contributed by atoms with Gasteiger partial charge in [-0.15, -0.1) is 0 Å². The molecule has 180 valence electrons. The maximum absolute atomic E-state index is 12.4. The zero-order chi connectivity index (χ0) is 22.9. The minimum Gasteiger partial charge on any atom is -0.251 e. The predicted octanol–water partition coefficient (Wildman–Crippen LogP) is 9.60. The van der Waals surface area contributed by atoms with Crippen molar-refractivity contribution in [1.82, 2.24) is 0 Å². The average molecular weight is 449 g/mol. The SMILES string of the molecule is CCC[C@H]1CC[C@H](C2CCC(CCc3ccc(-c4ccc(CCCF)cc4)cc3)CC2)CC1. The molecule has 4 rings (SSSR count). The summed E-state index contributed by atoms with van der Waals surface area (Å²) in [6.45, 7) is 2.11. The highest BCUT2D eigenvalue weighted by molar-refractivity contribution is 5.64. The fourth-order valence-electron chi connectivity index (χ4n) is 6.67. The van der Waals surface area contributed by atoms with Crippen molar-refractivity contribution in [2.24, 2.45) is 23.7 Å². The van der Waals surface area contributed by atoms with Gasteiger partial charge in [0.05, 0.1) is 6.67 Å². The summed E-state index contributed by atoms with van der Waals surface area (Å²) in [6, 6.07) is 17.8. The van der Waals surface area contributed by atoms with Crippen molar-refractivity contribution in [2.45, 2.75) is 96.8 Å². The third-order valence-electron chi connectivity index (χ3n) is 8.83. The van der Waals surface area contributed by atoms with Crippen LogP contribution in [0.2, 0.25) is 0 Å². The molecule has 0 N–H and O–H groups in total. The number of hydrogen-bond donors (Lipinski definition) is 0. The Morgan fingerprint density at radius 1 is 0.606 bits per heavy atom. The highest BCUT2D eigenvalue weighted by atomic mass is 19.1. The van der Waals surface area contributed by atoms with Gasteiger partial charge in [0.25, 0.3) is 0 Å². The molecule has 0 aromatic heterocycles. The lowest BCUT2D eigenvalue weighted by atomic mass is 9.68. The lowest BCUT2D eigenvalue weighted by molar-refractivity contribution is 0.141. The van der Waals surface area contributed by atoms with Crippen LogP contribution in [0, 0.1) is 23.7 Å². The van der Waals surface area contributed by atoms with Crippen LogP contribution >= 0.6 is 0 Å². The Hall–Kier alpha value is -1.63. The Morgan fingerprint density at radius 2 is 1.06 bits per heavy atom. The zero-order valence-corrected chi connectivity index (χ0v) is 20.9. The van der Waals surface area contributed by atoms with Crippen LogP contribution in [0.3, 0.4) is 0 Å². The van der Waals surface area contributed by atoms with E-state index in [4.69, 9.17) is 0 Å². The topological polar surface area (TPSA) is 0 Å². The van der Waals surface area contributed by atoms with Gasteiger partial charge < -0.3 is 0 Å². The van der Waals surface area contributed by atoms with Crippen LogP contribution in [0.1, 0.15) is 95.1 Å². The van der Waals surface area contributed by atoms with Crippen LogP contribution in [0.15, 0.2) is 48.5 Å². The Morgan fingerprint density at radius 3 is 1.52 bits per heavy atom. The molecule has 0 bridgehead atoms. The lowest BCUT2D eigenvalue weighted by Gasteiger charge is -2.38. The molecule has 2 aliphatic rings. The van der Waals surface area contributed by atoms with Crippen LogP contribution in [0.25, 0.3) is 11.1 Å². The Kier molecular flexibility index (Phi) is 9.45. The molecule has 0 nitrogen and oxygen atoms in total. The predicted molar refractivity (Wildman–Crippen MR) is 140 cm³/mol. The first-order valence-electron chi connectivity index (χ1n) is 14.0. The van der Waals surface area contributed by atoms with E-state index in [1.165, 1.54) is 99.3 Å². The van der Waals surface area contributed by atoms with Crippen molar-refractivity contribution in [2.75, 3.05) is 6.67 Å². The van der Waals surface area contributed by atoms with E-state index in [2.05, 4.69) is 55.5 Å². The molecular weight excluding hydrogens is 403 g/mol. The monoisotopic (exact) mass is 448 g/mol. The van der Waals surface area contributed by atoms with E-state index >= 15 is 0 Å². The van der Waals surface area contributed by atoms with Crippen LogP contribution in [-0.4, -0.2) is 6.67 Å². The summed E-state index contributed by atoms with van der Waals surface area (Å²) in [6.07, 6.45) is 18.9. The van der Waals surface area contributed by atoms with Crippen molar-refractivity contribution < 1.29 is 4.39 Å². The highest BCUT2D eigenvalue weighted by Gasteiger charge is 2.30. The van der Waals surface area contributed by atoms with Gasteiger partial charge in [-0.2, -0.15) is 0 Å². The maximum atomic E-state index is 12.4. The fourth-order valence-corrected chi connectivity index (χ4v) is 6.67. The van der Waals surface area contributed by atoms with Crippen molar-refractivity contribution in [3.05, 3.63) is 59.7 Å². The molecular formula is C32H45F. The summed E-state index contributed by atoms with van der Waals surface area (Å²) >= 11 is 0. The molecule has 0 radical (unpaired) electrons. The van der Waals surface area contributed by atoms with Gasteiger partial charge in [0, 0.05) is 0 Å². The second-order valence-corrected chi connectivity index (χ2v) is 11.1. The number of halogens is 1. The van der Waals surface area contributed by atoms with Gasteiger partial charge in [-0.3, -0.25) is 4.39 Å². The number of alkyl halides is 1. The number of rotatable bonds is 10. The third kappa shape index (κ3) is 7.17. The van der Waals surface area contributed by atoms with Gasteiger partial charge in [0.2, 0.25) is 0 Å². The summed E-state index contributed by atoms with van der Waals surface area (Å²) in [5.41, 5.74) is 5.25. The summed E-state index contributed by atoms with van der Waals surface area (Å²) in [4.78, 5) is 0. The van der Waals surface area contributed by atoms with Gasteiger partial charge in [-0.25, -0.2) is 0 Å². The molecule has 2 aromatic rings. The van der Waals surface area contributed by atoms with Crippen molar-refractivity contribution in [3.8, 4) is 11.1 Å². The number of hydrogen-bond acceptors (Lipinski definition) is 0. The summed E-state index contributed by atoms with van der Waals surface area (Å²) < 4.78 is 12.4. The standard InChI is InChI=1S/C32H45F/c1-2-4-25-8-16-29(17-9-25)31-20-12-27(13-21-31)6-7-28-14-22-32(23-15-28)30-18-10-26(11-19-30)5-3-24-33/h10-11,14-15,18-19,22-23,25,27,29,31H,2-9,12-13,16-17,20-21,24H2,1H3/t25-,27?,29-,31?. The first-order valence-corrected chi connectivity index (χ1v) is 14.0. The molecule has 0 heterocycles. The van der Waals surface area contributed by atoms with Crippen molar-refractivity contribution in [3.63, 3.8) is 0 Å². The van der Waals surface area contributed by atoms with E-state index < -0.39 is 0 Å². The molecule has 2 fully saturated rings. The second-order valence-electron chi connectivity index (χ2n) is 11.1. The smallest absolute Gasteiger partial charge is 0.0897 e. The lowest BCUT2D eigenvalue weighted by Crippen LogP contribution is -2.26. The van der Waals surface area contributed by atoms with E-state index in [0.717, 1.165) is 30.1 Å². The first-order chi connectivity index (χ1) is 16.2. The van der Waals surface area contributed by atoms with Gasteiger partial charge >= 0.3 is 0 Å². The van der Waals surface area contributed by atoms with E-state index in [0.29, 0.717) is 6.42 Å². The molecule has 0 saturated heterocycles. The van der Waals surface area contributed by atoms with Gasteiger partial charge in [0.15, 0.2) is 0 Å². The largest absolute Gasteiger partial charge is 0.251 e. The maximum Gasteiger partial charge on any atom is 0.0897 e. The van der Waals surface area contributed by atoms with Crippen molar-refractivity contribution >= 4 is 0 Å². The molecule has 0 aliphatic heterocycles. The van der Waals surface area contributed by atoms with Crippen LogP contribution < -0.4 is 0 Å². The molecule has 0 atom stereocenters.